The first kappa shape index (κ1) is 14.6. The van der Waals surface area contributed by atoms with Gasteiger partial charge in [-0.3, -0.25) is 0 Å². The molecular formula is C17H18ClNO. The number of hydrogen-bond acceptors (Lipinski definition) is 2. The van der Waals surface area contributed by atoms with Crippen molar-refractivity contribution in [1.82, 2.24) is 5.32 Å². The molecule has 0 saturated heterocycles. The van der Waals surface area contributed by atoms with Crippen molar-refractivity contribution in [3.8, 4) is 5.75 Å². The van der Waals surface area contributed by atoms with Crippen molar-refractivity contribution in [2.45, 2.75) is 13.2 Å². The predicted molar refractivity (Wildman–Crippen MR) is 84.1 cm³/mol. The lowest BCUT2D eigenvalue weighted by atomic mass is 10.2. The summed E-state index contributed by atoms with van der Waals surface area (Å²) in [4.78, 5) is 0. The molecular weight excluding hydrogens is 270 g/mol. The Hall–Kier alpha value is -1.77. The minimum atomic E-state index is 0.542. The van der Waals surface area contributed by atoms with Gasteiger partial charge in [0.15, 0.2) is 0 Å². The van der Waals surface area contributed by atoms with Crippen LogP contribution in [0.1, 0.15) is 11.1 Å². The Morgan fingerprint density at radius 2 is 1.90 bits per heavy atom. The average Bonchev–Trinajstić information content (AvgIpc) is 2.47. The third-order valence-corrected chi connectivity index (χ3v) is 3.09. The molecule has 0 aromatic heterocycles. The highest BCUT2D eigenvalue weighted by molar-refractivity contribution is 6.30. The van der Waals surface area contributed by atoms with Gasteiger partial charge in [0.05, 0.1) is 0 Å². The predicted octanol–water partition coefficient (Wildman–Crippen LogP) is 4.19. The molecule has 0 aliphatic rings. The van der Waals surface area contributed by atoms with Crippen LogP contribution in [-0.2, 0) is 13.2 Å². The maximum Gasteiger partial charge on any atom is 0.120 e. The van der Waals surface area contributed by atoms with Gasteiger partial charge in [-0.1, -0.05) is 41.9 Å². The van der Waals surface area contributed by atoms with E-state index in [-0.39, 0.29) is 0 Å². The number of ether oxygens (including phenoxy) is 1. The summed E-state index contributed by atoms with van der Waals surface area (Å²) in [7, 11) is 0. The van der Waals surface area contributed by atoms with Crippen molar-refractivity contribution in [2.24, 2.45) is 0 Å². The maximum atomic E-state index is 5.86. The van der Waals surface area contributed by atoms with Crippen molar-refractivity contribution < 1.29 is 4.74 Å². The zero-order valence-electron chi connectivity index (χ0n) is 11.3. The van der Waals surface area contributed by atoms with Crippen molar-refractivity contribution in [3.63, 3.8) is 0 Å². The summed E-state index contributed by atoms with van der Waals surface area (Å²) in [5, 5.41) is 4.01. The Morgan fingerprint density at radius 3 is 2.65 bits per heavy atom. The van der Waals surface area contributed by atoms with Crippen LogP contribution in [0.25, 0.3) is 0 Å². The number of nitrogens with one attached hydrogen (secondary N) is 1. The van der Waals surface area contributed by atoms with Crippen molar-refractivity contribution >= 4 is 11.6 Å². The Morgan fingerprint density at radius 1 is 1.10 bits per heavy atom. The second-order valence-corrected chi connectivity index (χ2v) is 4.92. The van der Waals surface area contributed by atoms with Gasteiger partial charge in [-0.2, -0.15) is 0 Å². The molecule has 0 unspecified atom stereocenters. The highest BCUT2D eigenvalue weighted by atomic mass is 35.5. The molecule has 0 amide bonds. The van der Waals surface area contributed by atoms with Crippen molar-refractivity contribution in [2.75, 3.05) is 6.54 Å². The number of halogens is 1. The standard InChI is InChI=1S/C17H18ClNO/c1-2-10-19-12-15-4-3-5-17(11-15)20-13-14-6-8-16(18)9-7-14/h2-9,11,19H,1,10,12-13H2. The Bertz CT molecular complexity index is 551. The van der Waals surface area contributed by atoms with Crippen molar-refractivity contribution in [3.05, 3.63) is 77.3 Å². The minimum absolute atomic E-state index is 0.542. The first-order valence-corrected chi connectivity index (χ1v) is 6.93. The summed E-state index contributed by atoms with van der Waals surface area (Å²) in [6.45, 7) is 5.84. The van der Waals surface area contributed by atoms with Crippen LogP contribution in [0.5, 0.6) is 5.75 Å². The SMILES string of the molecule is C=CCNCc1cccc(OCc2ccc(Cl)cc2)c1. The lowest BCUT2D eigenvalue weighted by Gasteiger charge is -2.08. The smallest absolute Gasteiger partial charge is 0.120 e. The summed E-state index contributed by atoms with van der Waals surface area (Å²) in [5.74, 6) is 0.873. The van der Waals surface area contributed by atoms with Gasteiger partial charge < -0.3 is 10.1 Å². The van der Waals surface area contributed by atoms with Gasteiger partial charge in [0, 0.05) is 18.1 Å². The largest absolute Gasteiger partial charge is 0.489 e. The fraction of sp³-hybridized carbons (Fsp3) is 0.176. The van der Waals surface area contributed by atoms with E-state index in [1.165, 1.54) is 5.56 Å². The van der Waals surface area contributed by atoms with E-state index in [1.807, 2.05) is 48.5 Å². The fourth-order valence-electron chi connectivity index (χ4n) is 1.81. The van der Waals surface area contributed by atoms with Gasteiger partial charge in [-0.05, 0) is 35.4 Å². The van der Waals surface area contributed by atoms with Crippen LogP contribution in [0.15, 0.2) is 61.2 Å². The molecule has 2 rings (SSSR count). The Balaban J connectivity index is 1.90. The molecule has 0 atom stereocenters. The van der Waals surface area contributed by atoms with Gasteiger partial charge in [0.2, 0.25) is 0 Å². The Kier molecular flexibility index (Phi) is 5.66. The quantitative estimate of drug-likeness (QED) is 0.609. The molecule has 0 radical (unpaired) electrons. The van der Waals surface area contributed by atoms with Crippen LogP contribution >= 0.6 is 11.6 Å². The maximum absolute atomic E-state index is 5.86. The van der Waals surface area contributed by atoms with E-state index >= 15 is 0 Å². The molecule has 0 bridgehead atoms. The first-order valence-electron chi connectivity index (χ1n) is 6.56. The second kappa shape index (κ2) is 7.73. The van der Waals surface area contributed by atoms with Crippen LogP contribution in [0.3, 0.4) is 0 Å². The first-order chi connectivity index (χ1) is 9.78. The van der Waals surface area contributed by atoms with E-state index in [2.05, 4.69) is 18.0 Å². The van der Waals surface area contributed by atoms with Crippen LogP contribution in [0.2, 0.25) is 5.02 Å². The van der Waals surface area contributed by atoms with Crippen LogP contribution in [-0.4, -0.2) is 6.54 Å². The number of rotatable bonds is 7. The number of benzene rings is 2. The van der Waals surface area contributed by atoms with E-state index in [0.29, 0.717) is 6.61 Å². The summed E-state index contributed by atoms with van der Waals surface area (Å²) in [6.07, 6.45) is 1.85. The zero-order valence-corrected chi connectivity index (χ0v) is 12.1. The third kappa shape index (κ3) is 4.72. The van der Waals surface area contributed by atoms with Gasteiger partial charge >= 0.3 is 0 Å². The van der Waals surface area contributed by atoms with Gasteiger partial charge in [0.1, 0.15) is 12.4 Å². The molecule has 0 saturated carbocycles. The minimum Gasteiger partial charge on any atom is -0.489 e. The molecule has 0 heterocycles. The van der Waals surface area contributed by atoms with E-state index in [9.17, 15) is 0 Å². The normalized spacial score (nSPS) is 10.2. The van der Waals surface area contributed by atoms with Crippen LogP contribution in [0.4, 0.5) is 0 Å². The van der Waals surface area contributed by atoms with Crippen LogP contribution in [0, 0.1) is 0 Å². The molecule has 2 aromatic rings. The molecule has 2 aromatic carbocycles. The average molecular weight is 288 g/mol. The van der Waals surface area contributed by atoms with E-state index in [1.54, 1.807) is 0 Å². The lowest BCUT2D eigenvalue weighted by molar-refractivity contribution is 0.306. The van der Waals surface area contributed by atoms with E-state index in [0.717, 1.165) is 29.4 Å². The number of hydrogen-bond donors (Lipinski definition) is 1. The lowest BCUT2D eigenvalue weighted by Crippen LogP contribution is -2.12. The molecule has 20 heavy (non-hydrogen) atoms. The molecule has 1 N–H and O–H groups in total. The topological polar surface area (TPSA) is 21.3 Å². The fourth-order valence-corrected chi connectivity index (χ4v) is 1.94. The molecule has 104 valence electrons. The molecule has 2 nitrogen and oxygen atoms in total. The van der Waals surface area contributed by atoms with E-state index in [4.69, 9.17) is 16.3 Å². The second-order valence-electron chi connectivity index (χ2n) is 4.48. The van der Waals surface area contributed by atoms with Gasteiger partial charge in [-0.25, -0.2) is 0 Å². The molecule has 0 fully saturated rings. The highest BCUT2D eigenvalue weighted by Gasteiger charge is 1.98. The summed E-state index contributed by atoms with van der Waals surface area (Å²) in [5.41, 5.74) is 2.30. The van der Waals surface area contributed by atoms with Gasteiger partial charge in [-0.15, -0.1) is 6.58 Å². The zero-order chi connectivity index (χ0) is 14.2. The summed E-state index contributed by atoms with van der Waals surface area (Å²) in [6, 6.07) is 15.8. The Labute approximate surface area is 125 Å². The van der Waals surface area contributed by atoms with Gasteiger partial charge in [0.25, 0.3) is 0 Å². The molecule has 0 aliphatic heterocycles. The van der Waals surface area contributed by atoms with E-state index < -0.39 is 0 Å². The summed E-state index contributed by atoms with van der Waals surface area (Å²) >= 11 is 5.86. The molecule has 0 spiro atoms. The van der Waals surface area contributed by atoms with Crippen LogP contribution < -0.4 is 10.1 Å². The van der Waals surface area contributed by atoms with Crippen molar-refractivity contribution in [1.29, 1.82) is 0 Å². The summed E-state index contributed by atoms with van der Waals surface area (Å²) < 4.78 is 5.79. The molecule has 0 aliphatic carbocycles. The third-order valence-electron chi connectivity index (χ3n) is 2.84. The molecule has 3 heteroatoms. The highest BCUT2D eigenvalue weighted by Crippen LogP contribution is 2.16. The monoisotopic (exact) mass is 287 g/mol.